The van der Waals surface area contributed by atoms with Crippen LogP contribution in [0.1, 0.15) is 25.1 Å². The van der Waals surface area contributed by atoms with E-state index in [4.69, 9.17) is 0 Å². The Bertz CT molecular complexity index is 871. The van der Waals surface area contributed by atoms with Crippen LogP contribution in [0.3, 0.4) is 0 Å². The lowest BCUT2D eigenvalue weighted by Crippen LogP contribution is -2.33. The summed E-state index contributed by atoms with van der Waals surface area (Å²) in [6.45, 7) is 5.96. The molecule has 1 aromatic carbocycles. The molecule has 1 aliphatic rings. The van der Waals surface area contributed by atoms with Gasteiger partial charge in [0.15, 0.2) is 0 Å². The first-order valence-corrected chi connectivity index (χ1v) is 8.35. The van der Waals surface area contributed by atoms with E-state index in [1.807, 2.05) is 29.1 Å². The molecule has 0 bridgehead atoms. The van der Waals surface area contributed by atoms with Gasteiger partial charge in [0, 0.05) is 24.3 Å². The van der Waals surface area contributed by atoms with Crippen molar-refractivity contribution in [2.45, 2.75) is 26.8 Å². The monoisotopic (exact) mass is 337 g/mol. The highest BCUT2D eigenvalue weighted by Crippen LogP contribution is 2.33. The first-order chi connectivity index (χ1) is 12.0. The first kappa shape index (κ1) is 15.7. The summed E-state index contributed by atoms with van der Waals surface area (Å²) in [5.41, 5.74) is 3.47. The highest BCUT2D eigenvalue weighted by atomic mass is 19.1. The molecule has 4 rings (SSSR count). The van der Waals surface area contributed by atoms with Crippen LogP contribution in [0, 0.1) is 11.4 Å². The number of hydrogen-bond acceptors (Lipinski definition) is 4. The first-order valence-electron chi connectivity index (χ1n) is 8.35. The van der Waals surface area contributed by atoms with Crippen molar-refractivity contribution in [3.05, 3.63) is 66.1 Å². The number of rotatable bonds is 2. The van der Waals surface area contributed by atoms with Crippen molar-refractivity contribution in [2.75, 3.05) is 11.4 Å². The molecule has 3 aromatic rings. The summed E-state index contributed by atoms with van der Waals surface area (Å²) < 4.78 is 15.1. The van der Waals surface area contributed by atoms with E-state index < -0.39 is 5.95 Å². The molecule has 6 heteroatoms. The second-order valence-electron chi connectivity index (χ2n) is 7.26. The molecule has 25 heavy (non-hydrogen) atoms. The number of aromatic nitrogens is 4. The molecule has 0 saturated carbocycles. The van der Waals surface area contributed by atoms with Gasteiger partial charge in [-0.2, -0.15) is 9.49 Å². The number of anilines is 1. The molecule has 0 spiro atoms. The Morgan fingerprint density at radius 2 is 1.84 bits per heavy atom. The number of para-hydroxylation sites is 1. The Morgan fingerprint density at radius 1 is 1.04 bits per heavy atom. The maximum Gasteiger partial charge on any atom is 0.231 e. The third-order valence-corrected chi connectivity index (χ3v) is 4.51. The average Bonchev–Trinajstić information content (AvgIpc) is 2.91. The van der Waals surface area contributed by atoms with Crippen LogP contribution in [0.4, 0.5) is 10.2 Å². The van der Waals surface area contributed by atoms with Crippen LogP contribution in [0.25, 0.3) is 5.69 Å². The van der Waals surface area contributed by atoms with Gasteiger partial charge in [0.2, 0.25) is 5.95 Å². The van der Waals surface area contributed by atoms with Crippen LogP contribution in [0.5, 0.6) is 0 Å². The fourth-order valence-electron chi connectivity index (χ4n) is 3.44. The van der Waals surface area contributed by atoms with Gasteiger partial charge in [0.1, 0.15) is 5.82 Å². The van der Waals surface area contributed by atoms with Gasteiger partial charge in [-0.15, -0.1) is 0 Å². The van der Waals surface area contributed by atoms with Crippen molar-refractivity contribution in [3.63, 3.8) is 0 Å². The molecular formula is C19H20FN5. The molecular weight excluding hydrogens is 317 g/mol. The number of halogens is 1. The van der Waals surface area contributed by atoms with E-state index in [0.717, 1.165) is 18.7 Å². The van der Waals surface area contributed by atoms with E-state index in [0.29, 0.717) is 12.4 Å². The summed E-state index contributed by atoms with van der Waals surface area (Å²) >= 11 is 0. The van der Waals surface area contributed by atoms with E-state index in [2.05, 4.69) is 45.9 Å². The van der Waals surface area contributed by atoms with Gasteiger partial charge in [-0.05, 0) is 24.0 Å². The van der Waals surface area contributed by atoms with E-state index in [-0.39, 0.29) is 5.41 Å². The lowest BCUT2D eigenvalue weighted by Gasteiger charge is -2.30. The largest absolute Gasteiger partial charge is 0.350 e. The minimum absolute atomic E-state index is 0.0217. The fraction of sp³-hybridized carbons (Fsp3) is 0.316. The zero-order valence-electron chi connectivity index (χ0n) is 14.4. The van der Waals surface area contributed by atoms with Crippen LogP contribution >= 0.6 is 0 Å². The van der Waals surface area contributed by atoms with Crippen molar-refractivity contribution in [2.24, 2.45) is 5.41 Å². The molecule has 0 atom stereocenters. The van der Waals surface area contributed by atoms with Crippen molar-refractivity contribution in [1.82, 2.24) is 19.7 Å². The van der Waals surface area contributed by atoms with E-state index in [9.17, 15) is 4.39 Å². The maximum atomic E-state index is 13.1. The van der Waals surface area contributed by atoms with Gasteiger partial charge in [-0.3, -0.25) is 0 Å². The number of hydrogen-bond donors (Lipinski definition) is 0. The topological polar surface area (TPSA) is 46.8 Å². The molecule has 0 aliphatic carbocycles. The van der Waals surface area contributed by atoms with Crippen LogP contribution in [-0.2, 0) is 13.0 Å². The predicted octanol–water partition coefficient (Wildman–Crippen LogP) is 3.39. The average molecular weight is 337 g/mol. The third kappa shape index (κ3) is 3.12. The van der Waals surface area contributed by atoms with E-state index >= 15 is 0 Å². The highest BCUT2D eigenvalue weighted by molar-refractivity contribution is 5.42. The van der Waals surface area contributed by atoms with Crippen LogP contribution < -0.4 is 4.90 Å². The Hall–Kier alpha value is -2.76. The van der Waals surface area contributed by atoms with Gasteiger partial charge >= 0.3 is 0 Å². The van der Waals surface area contributed by atoms with E-state index in [1.54, 1.807) is 0 Å². The molecule has 0 fully saturated rings. The fourth-order valence-corrected chi connectivity index (χ4v) is 3.44. The Kier molecular flexibility index (Phi) is 3.75. The standard InChI is InChI=1S/C19H20FN5/c1-19(2)8-16-14(9-23-25(16)15-6-4-3-5-7-15)12-24(13-19)18-11-21-17(20)10-22-18/h3-7,9-11H,8,12-13H2,1-2H3. The smallest absolute Gasteiger partial charge is 0.231 e. The van der Waals surface area contributed by atoms with Crippen LogP contribution in [0.15, 0.2) is 48.9 Å². The summed E-state index contributed by atoms with van der Waals surface area (Å²) in [6, 6.07) is 10.2. The lowest BCUT2D eigenvalue weighted by atomic mass is 9.87. The lowest BCUT2D eigenvalue weighted by molar-refractivity contribution is 0.363. The molecule has 0 N–H and O–H groups in total. The third-order valence-electron chi connectivity index (χ3n) is 4.51. The summed E-state index contributed by atoms with van der Waals surface area (Å²) in [7, 11) is 0. The van der Waals surface area contributed by atoms with Crippen molar-refractivity contribution in [1.29, 1.82) is 0 Å². The number of fused-ring (bicyclic) bond motifs is 1. The number of nitrogens with zero attached hydrogens (tertiary/aromatic N) is 5. The van der Waals surface area contributed by atoms with Gasteiger partial charge in [0.25, 0.3) is 0 Å². The summed E-state index contributed by atoms with van der Waals surface area (Å²) in [4.78, 5) is 10.1. The normalized spacial score (nSPS) is 16.4. The zero-order chi connectivity index (χ0) is 17.4. The Morgan fingerprint density at radius 3 is 2.56 bits per heavy atom. The van der Waals surface area contributed by atoms with Gasteiger partial charge in [0.05, 0.1) is 24.3 Å². The van der Waals surface area contributed by atoms with Gasteiger partial charge in [-0.1, -0.05) is 32.0 Å². The number of benzene rings is 1. The molecule has 0 saturated heterocycles. The Labute approximate surface area is 146 Å². The second kappa shape index (κ2) is 5.95. The molecule has 3 heterocycles. The summed E-state index contributed by atoms with van der Waals surface area (Å²) in [6.07, 6.45) is 5.50. The zero-order valence-corrected chi connectivity index (χ0v) is 14.4. The van der Waals surface area contributed by atoms with Gasteiger partial charge in [-0.25, -0.2) is 14.6 Å². The summed E-state index contributed by atoms with van der Waals surface area (Å²) in [5, 5.41) is 4.61. The van der Waals surface area contributed by atoms with Crippen LogP contribution in [-0.4, -0.2) is 26.3 Å². The molecule has 5 nitrogen and oxygen atoms in total. The minimum Gasteiger partial charge on any atom is -0.350 e. The molecule has 0 amide bonds. The highest BCUT2D eigenvalue weighted by Gasteiger charge is 2.31. The SMILES string of the molecule is CC1(C)Cc2c(cnn2-c2ccccc2)CN(c2cnc(F)cn2)C1. The molecule has 1 aliphatic heterocycles. The quantitative estimate of drug-likeness (QED) is 0.719. The predicted molar refractivity (Wildman–Crippen MR) is 94.1 cm³/mol. The molecule has 0 unspecified atom stereocenters. The van der Waals surface area contributed by atoms with Crippen molar-refractivity contribution >= 4 is 5.82 Å². The van der Waals surface area contributed by atoms with Gasteiger partial charge < -0.3 is 4.90 Å². The second-order valence-corrected chi connectivity index (χ2v) is 7.26. The van der Waals surface area contributed by atoms with E-state index in [1.165, 1.54) is 23.7 Å². The minimum atomic E-state index is -0.560. The van der Waals surface area contributed by atoms with Crippen LogP contribution in [0.2, 0.25) is 0 Å². The Balaban J connectivity index is 1.74. The molecule has 0 radical (unpaired) electrons. The van der Waals surface area contributed by atoms with Crippen molar-refractivity contribution in [3.8, 4) is 5.69 Å². The molecule has 128 valence electrons. The molecule has 2 aromatic heterocycles. The van der Waals surface area contributed by atoms with Crippen molar-refractivity contribution < 1.29 is 4.39 Å². The maximum absolute atomic E-state index is 13.1. The summed E-state index contributed by atoms with van der Waals surface area (Å²) in [5.74, 6) is 0.130.